The Morgan fingerprint density at radius 1 is 1.48 bits per heavy atom. The van der Waals surface area contributed by atoms with Crippen LogP contribution >= 0.6 is 34.5 Å². The molecule has 1 N–H and O–H groups in total. The van der Waals surface area contributed by atoms with E-state index in [2.05, 4.69) is 31.7 Å². The van der Waals surface area contributed by atoms with Crippen LogP contribution in [0.15, 0.2) is 5.51 Å². The van der Waals surface area contributed by atoms with Crippen LogP contribution in [0.2, 0.25) is 4.34 Å². The maximum atomic E-state index is 6.16. The molecule has 0 aromatic carbocycles. The molecule has 2 aromatic heterocycles. The lowest BCUT2D eigenvalue weighted by atomic mass is 10.1. The number of nitrogens with zero attached hydrogens (tertiary/aromatic N) is 4. The highest BCUT2D eigenvalue weighted by Crippen LogP contribution is 2.23. The second-order valence-corrected chi connectivity index (χ2v) is 7.68. The highest BCUT2D eigenvalue weighted by Gasteiger charge is 2.21. The van der Waals surface area contributed by atoms with E-state index in [1.54, 1.807) is 11.3 Å². The number of aryl methyl sites for hydroxylation is 1. The van der Waals surface area contributed by atoms with Crippen molar-refractivity contribution in [3.05, 3.63) is 26.1 Å². The molecule has 0 aliphatic carbocycles. The lowest BCUT2D eigenvalue weighted by Gasteiger charge is -2.24. The summed E-state index contributed by atoms with van der Waals surface area (Å²) in [7, 11) is 0. The fourth-order valence-corrected chi connectivity index (χ4v) is 4.03. The van der Waals surface area contributed by atoms with Gasteiger partial charge in [0.05, 0.1) is 11.2 Å². The molecule has 5 nitrogen and oxygen atoms in total. The molecule has 0 spiro atoms. The summed E-state index contributed by atoms with van der Waals surface area (Å²) in [5.74, 6) is 0.698. The molecule has 3 heterocycles. The van der Waals surface area contributed by atoms with Crippen LogP contribution in [0.3, 0.4) is 0 Å². The second kappa shape index (κ2) is 7.11. The van der Waals surface area contributed by atoms with Gasteiger partial charge in [-0.05, 0) is 32.4 Å². The van der Waals surface area contributed by atoms with E-state index in [0.717, 1.165) is 44.1 Å². The smallest absolute Gasteiger partial charge is 0.138 e. The molecule has 1 atom stereocenters. The van der Waals surface area contributed by atoms with Crippen molar-refractivity contribution in [1.29, 1.82) is 0 Å². The van der Waals surface area contributed by atoms with Gasteiger partial charge in [-0.3, -0.25) is 4.90 Å². The second-order valence-electron chi connectivity index (χ2n) is 5.38. The summed E-state index contributed by atoms with van der Waals surface area (Å²) >= 11 is 9.13. The van der Waals surface area contributed by atoms with E-state index in [1.165, 1.54) is 22.8 Å². The molecule has 1 aliphatic rings. The molecule has 0 bridgehead atoms. The molecule has 0 radical (unpaired) electrons. The first-order valence-corrected chi connectivity index (χ1v) is 9.04. The van der Waals surface area contributed by atoms with E-state index in [-0.39, 0.29) is 0 Å². The average Bonchev–Trinajstić information content (AvgIpc) is 3.17. The molecule has 1 saturated heterocycles. The summed E-state index contributed by atoms with van der Waals surface area (Å²) in [5, 5.41) is 7.58. The zero-order valence-electron chi connectivity index (χ0n) is 11.9. The third-order valence-electron chi connectivity index (χ3n) is 3.77. The zero-order chi connectivity index (χ0) is 14.7. The van der Waals surface area contributed by atoms with Gasteiger partial charge in [0.1, 0.15) is 10.0 Å². The molecule has 2 aromatic rings. The molecule has 0 unspecified atom stereocenters. The molecule has 1 aliphatic heterocycles. The first-order chi connectivity index (χ1) is 10.2. The summed E-state index contributed by atoms with van der Waals surface area (Å²) in [5.41, 5.74) is 3.92. The predicted octanol–water partition coefficient (Wildman–Crippen LogP) is 2.57. The number of rotatable bonds is 6. The van der Waals surface area contributed by atoms with Gasteiger partial charge in [-0.2, -0.15) is 0 Å². The van der Waals surface area contributed by atoms with Crippen LogP contribution in [0.4, 0.5) is 0 Å². The number of hydrogen-bond donors (Lipinski definition) is 1. The van der Waals surface area contributed by atoms with Crippen molar-refractivity contribution < 1.29 is 0 Å². The van der Waals surface area contributed by atoms with E-state index in [1.807, 2.05) is 5.51 Å². The highest BCUT2D eigenvalue weighted by molar-refractivity contribution is 7.10. The van der Waals surface area contributed by atoms with Gasteiger partial charge in [-0.1, -0.05) is 16.1 Å². The van der Waals surface area contributed by atoms with Crippen molar-refractivity contribution in [2.24, 2.45) is 5.92 Å². The summed E-state index contributed by atoms with van der Waals surface area (Å²) in [4.78, 5) is 8.08. The van der Waals surface area contributed by atoms with E-state index in [9.17, 15) is 0 Å². The van der Waals surface area contributed by atoms with Gasteiger partial charge in [0.25, 0.3) is 0 Å². The van der Waals surface area contributed by atoms with Crippen LogP contribution in [-0.4, -0.2) is 39.1 Å². The number of halogens is 1. The van der Waals surface area contributed by atoms with Crippen LogP contribution in [0.5, 0.6) is 0 Å². The van der Waals surface area contributed by atoms with Gasteiger partial charge < -0.3 is 5.32 Å². The van der Waals surface area contributed by atoms with Gasteiger partial charge in [-0.15, -0.1) is 16.4 Å². The molecule has 114 valence electrons. The van der Waals surface area contributed by atoms with Crippen molar-refractivity contribution in [3.8, 4) is 0 Å². The number of hydrogen-bond acceptors (Lipinski definition) is 7. The topological polar surface area (TPSA) is 53.9 Å². The lowest BCUT2D eigenvalue weighted by Crippen LogP contribution is -2.30. The maximum absolute atomic E-state index is 6.16. The Hall–Kier alpha value is -0.600. The summed E-state index contributed by atoms with van der Waals surface area (Å²) in [6.45, 7) is 7.00. The first kappa shape index (κ1) is 15.3. The van der Waals surface area contributed by atoms with Gasteiger partial charge in [-0.25, -0.2) is 4.98 Å². The monoisotopic (exact) mass is 343 g/mol. The minimum atomic E-state index is 0.698. The Morgan fingerprint density at radius 3 is 3.00 bits per heavy atom. The lowest BCUT2D eigenvalue weighted by molar-refractivity contribution is 0.219. The molecule has 3 rings (SSSR count). The SMILES string of the molecule is Cc1ncsc1CN(Cc1nnsc1Cl)C[C@H]1CCNC1. The van der Waals surface area contributed by atoms with Crippen molar-refractivity contribution in [1.82, 2.24) is 24.8 Å². The molecule has 1 fully saturated rings. The Morgan fingerprint density at radius 2 is 2.38 bits per heavy atom. The van der Waals surface area contributed by atoms with Gasteiger partial charge in [0.15, 0.2) is 0 Å². The van der Waals surface area contributed by atoms with E-state index < -0.39 is 0 Å². The van der Waals surface area contributed by atoms with Crippen LogP contribution in [-0.2, 0) is 13.1 Å². The summed E-state index contributed by atoms with van der Waals surface area (Å²) in [6.07, 6.45) is 1.24. The molecule has 21 heavy (non-hydrogen) atoms. The molecular weight excluding hydrogens is 326 g/mol. The van der Waals surface area contributed by atoms with Crippen molar-refractivity contribution >= 4 is 34.5 Å². The van der Waals surface area contributed by atoms with Crippen LogP contribution in [0.25, 0.3) is 0 Å². The third-order valence-corrected chi connectivity index (χ3v) is 5.68. The number of thiazole rings is 1. The zero-order valence-corrected chi connectivity index (χ0v) is 14.3. The Labute approximate surface area is 137 Å². The minimum absolute atomic E-state index is 0.698. The minimum Gasteiger partial charge on any atom is -0.316 e. The standard InChI is InChI=1S/C13H18ClN5S2/c1-9-12(20-8-16-9)7-19(5-10-2-3-15-4-10)6-11-13(14)21-18-17-11/h8,10,15H,2-7H2,1H3/t10-/m0/s1. The fourth-order valence-electron chi connectivity index (χ4n) is 2.60. The fraction of sp³-hybridized carbons (Fsp3) is 0.615. The van der Waals surface area contributed by atoms with Crippen molar-refractivity contribution in [2.75, 3.05) is 19.6 Å². The van der Waals surface area contributed by atoms with Crippen molar-refractivity contribution in [3.63, 3.8) is 0 Å². The number of aromatic nitrogens is 3. The van der Waals surface area contributed by atoms with E-state index in [4.69, 9.17) is 11.6 Å². The largest absolute Gasteiger partial charge is 0.316 e. The first-order valence-electron chi connectivity index (χ1n) is 7.01. The van der Waals surface area contributed by atoms with E-state index in [0.29, 0.717) is 10.3 Å². The van der Waals surface area contributed by atoms with Crippen LogP contribution in [0, 0.1) is 12.8 Å². The van der Waals surface area contributed by atoms with Gasteiger partial charge >= 0.3 is 0 Å². The predicted molar refractivity (Wildman–Crippen MR) is 86.9 cm³/mol. The number of nitrogens with one attached hydrogen (secondary N) is 1. The summed E-state index contributed by atoms with van der Waals surface area (Å²) < 4.78 is 4.63. The average molecular weight is 344 g/mol. The van der Waals surface area contributed by atoms with E-state index >= 15 is 0 Å². The van der Waals surface area contributed by atoms with Gasteiger partial charge in [0, 0.05) is 36.0 Å². The maximum Gasteiger partial charge on any atom is 0.138 e. The third kappa shape index (κ3) is 3.98. The molecular formula is C13H18ClN5S2. The van der Waals surface area contributed by atoms with Crippen LogP contribution < -0.4 is 5.32 Å². The van der Waals surface area contributed by atoms with Crippen LogP contribution in [0.1, 0.15) is 22.7 Å². The van der Waals surface area contributed by atoms with Gasteiger partial charge in [0.2, 0.25) is 0 Å². The normalized spacial score (nSPS) is 18.7. The Bertz CT molecular complexity index is 536. The highest BCUT2D eigenvalue weighted by atomic mass is 35.5. The summed E-state index contributed by atoms with van der Waals surface area (Å²) in [6, 6.07) is 0. The quantitative estimate of drug-likeness (QED) is 0.873. The molecule has 8 heteroatoms. The Kier molecular flexibility index (Phi) is 5.18. The molecule has 0 amide bonds. The molecule has 0 saturated carbocycles. The Balaban J connectivity index is 1.70. The van der Waals surface area contributed by atoms with Crippen molar-refractivity contribution in [2.45, 2.75) is 26.4 Å².